The molecule has 0 spiro atoms. The number of allylic oxidation sites excluding steroid dienone is 4. The van der Waals surface area contributed by atoms with E-state index in [1.54, 1.807) is 0 Å². The van der Waals surface area contributed by atoms with Gasteiger partial charge in [0.1, 0.15) is 0 Å². The topological polar surface area (TPSA) is 98.0 Å². The summed E-state index contributed by atoms with van der Waals surface area (Å²) in [6.07, 6.45) is 18.2. The summed E-state index contributed by atoms with van der Waals surface area (Å²) in [7, 11) is 0. The Bertz CT molecular complexity index is 342. The molecule has 0 fully saturated rings. The first kappa shape index (κ1) is 21.8. The quantitative estimate of drug-likeness (QED) is 0.209. The van der Waals surface area contributed by atoms with Gasteiger partial charge in [-0.1, -0.05) is 43.6 Å². The molecule has 0 saturated heterocycles. The number of carboxylic acid groups (broad SMARTS) is 1. The Hall–Kier alpha value is -1.17. The number of carboxylic acids is 1. The molecule has 0 radical (unpaired) electrons. The summed E-state index contributed by atoms with van der Waals surface area (Å²) < 4.78 is 0. The lowest BCUT2D eigenvalue weighted by Gasteiger charge is -2.12. The first-order valence-corrected chi connectivity index (χ1v) is 8.61. The van der Waals surface area contributed by atoms with Crippen LogP contribution in [-0.4, -0.2) is 32.4 Å². The normalized spacial score (nSPS) is 12.5. The molecule has 5 nitrogen and oxygen atoms in total. The fourth-order valence-electron chi connectivity index (χ4n) is 2.20. The van der Waals surface area contributed by atoms with E-state index in [0.29, 0.717) is 6.42 Å². The lowest BCUT2D eigenvalue weighted by atomic mass is 10.1. The Kier molecular flexibility index (Phi) is 13.7. The molecule has 0 atom stereocenters. The van der Waals surface area contributed by atoms with E-state index in [0.717, 1.165) is 57.8 Å². The van der Waals surface area contributed by atoms with Crippen LogP contribution in [0.2, 0.25) is 0 Å². The van der Waals surface area contributed by atoms with Gasteiger partial charge < -0.3 is 20.4 Å². The molecule has 0 rings (SSSR count). The fraction of sp³-hybridized carbons (Fsp3) is 0.722. The molecule has 0 aromatic rings. The van der Waals surface area contributed by atoms with E-state index in [1.165, 1.54) is 0 Å². The third-order valence-corrected chi connectivity index (χ3v) is 3.50. The van der Waals surface area contributed by atoms with Crippen molar-refractivity contribution in [1.29, 1.82) is 0 Å². The minimum Gasteiger partial charge on any atom is -0.481 e. The third kappa shape index (κ3) is 20.8. The fourth-order valence-corrected chi connectivity index (χ4v) is 2.20. The molecule has 0 aliphatic heterocycles. The summed E-state index contributed by atoms with van der Waals surface area (Å²) in [5.41, 5.74) is 0. The molecule has 5 heteroatoms. The minimum absolute atomic E-state index is 0.00947. The van der Waals surface area contributed by atoms with Crippen LogP contribution >= 0.6 is 0 Å². The molecular formula is C18H32O5. The average Bonchev–Trinajstić information content (AvgIpc) is 2.45. The van der Waals surface area contributed by atoms with Crippen molar-refractivity contribution in [3.63, 3.8) is 0 Å². The van der Waals surface area contributed by atoms with Crippen molar-refractivity contribution in [3.05, 3.63) is 24.3 Å². The van der Waals surface area contributed by atoms with E-state index < -0.39 is 11.9 Å². The Morgan fingerprint density at radius 1 is 0.739 bits per heavy atom. The Labute approximate surface area is 139 Å². The van der Waals surface area contributed by atoms with Crippen LogP contribution in [0.25, 0.3) is 0 Å². The molecule has 0 heterocycles. The molecule has 0 aliphatic carbocycles. The van der Waals surface area contributed by atoms with Crippen LogP contribution in [0, 0.1) is 0 Å². The van der Waals surface area contributed by atoms with Gasteiger partial charge in [-0.3, -0.25) is 4.79 Å². The summed E-state index contributed by atoms with van der Waals surface area (Å²) in [5.74, 6) is -3.23. The molecule has 4 N–H and O–H groups in total. The zero-order valence-electron chi connectivity index (χ0n) is 14.0. The SMILES string of the molecule is O=C(O)CCCCC=CCC=CCCCCCCCC(O)(O)O. The molecule has 0 amide bonds. The Morgan fingerprint density at radius 2 is 1.26 bits per heavy atom. The maximum absolute atomic E-state index is 10.3. The smallest absolute Gasteiger partial charge is 0.303 e. The summed E-state index contributed by atoms with van der Waals surface area (Å²) in [4.78, 5) is 10.3. The van der Waals surface area contributed by atoms with Gasteiger partial charge >= 0.3 is 5.97 Å². The van der Waals surface area contributed by atoms with Crippen molar-refractivity contribution in [2.75, 3.05) is 0 Å². The van der Waals surface area contributed by atoms with Crippen molar-refractivity contribution in [1.82, 2.24) is 0 Å². The van der Waals surface area contributed by atoms with Crippen LogP contribution in [0.15, 0.2) is 24.3 Å². The van der Waals surface area contributed by atoms with E-state index in [-0.39, 0.29) is 12.8 Å². The first-order valence-electron chi connectivity index (χ1n) is 8.61. The molecule has 23 heavy (non-hydrogen) atoms. The number of aliphatic hydroxyl groups is 3. The summed E-state index contributed by atoms with van der Waals surface area (Å²) >= 11 is 0. The Morgan fingerprint density at radius 3 is 1.83 bits per heavy atom. The Balaban J connectivity index is 3.27. The number of unbranched alkanes of at least 4 members (excludes halogenated alkanes) is 7. The predicted octanol–water partition coefficient (Wildman–Crippen LogP) is 3.50. The van der Waals surface area contributed by atoms with Crippen molar-refractivity contribution in [3.8, 4) is 0 Å². The van der Waals surface area contributed by atoms with E-state index >= 15 is 0 Å². The van der Waals surface area contributed by atoms with Crippen molar-refractivity contribution < 1.29 is 25.2 Å². The van der Waals surface area contributed by atoms with E-state index in [9.17, 15) is 4.79 Å². The highest BCUT2D eigenvalue weighted by Gasteiger charge is 2.16. The lowest BCUT2D eigenvalue weighted by molar-refractivity contribution is -0.315. The van der Waals surface area contributed by atoms with Gasteiger partial charge in [-0.05, 0) is 44.9 Å². The molecular weight excluding hydrogens is 296 g/mol. The van der Waals surface area contributed by atoms with E-state index in [4.69, 9.17) is 20.4 Å². The van der Waals surface area contributed by atoms with Crippen molar-refractivity contribution in [2.24, 2.45) is 0 Å². The van der Waals surface area contributed by atoms with Gasteiger partial charge in [-0.2, -0.15) is 0 Å². The van der Waals surface area contributed by atoms with Gasteiger partial charge in [0, 0.05) is 12.8 Å². The molecule has 0 aromatic carbocycles. The van der Waals surface area contributed by atoms with Crippen LogP contribution < -0.4 is 0 Å². The predicted molar refractivity (Wildman–Crippen MR) is 90.7 cm³/mol. The monoisotopic (exact) mass is 328 g/mol. The third-order valence-electron chi connectivity index (χ3n) is 3.50. The van der Waals surface area contributed by atoms with Gasteiger partial charge in [0.2, 0.25) is 0 Å². The van der Waals surface area contributed by atoms with Crippen LogP contribution in [0.5, 0.6) is 0 Å². The minimum atomic E-state index is -2.51. The standard InChI is InChI=1S/C18H32O5/c19-17(20)15-13-11-9-7-5-3-1-2-4-6-8-10-12-14-16-18(21,22)23/h1-2,5,7,21-23H,3-4,6,8-16H2,(H,19,20). The highest BCUT2D eigenvalue weighted by Crippen LogP contribution is 2.12. The molecule has 0 aromatic heterocycles. The summed E-state index contributed by atoms with van der Waals surface area (Å²) in [5, 5.41) is 34.6. The second-order valence-corrected chi connectivity index (χ2v) is 5.90. The average molecular weight is 328 g/mol. The molecule has 0 aliphatic rings. The first-order chi connectivity index (χ1) is 10.9. The van der Waals surface area contributed by atoms with Crippen LogP contribution in [0.1, 0.15) is 77.0 Å². The zero-order chi connectivity index (χ0) is 17.4. The number of carbonyl (C=O) groups is 1. The molecule has 134 valence electrons. The number of rotatable bonds is 15. The highest BCUT2D eigenvalue weighted by molar-refractivity contribution is 5.66. The molecule has 0 unspecified atom stereocenters. The molecule has 0 bridgehead atoms. The number of hydrogen-bond acceptors (Lipinski definition) is 4. The van der Waals surface area contributed by atoms with Gasteiger partial charge in [-0.15, -0.1) is 0 Å². The van der Waals surface area contributed by atoms with E-state index in [1.807, 2.05) is 0 Å². The summed E-state index contributed by atoms with van der Waals surface area (Å²) in [6, 6.07) is 0. The van der Waals surface area contributed by atoms with Crippen LogP contribution in [0.3, 0.4) is 0 Å². The van der Waals surface area contributed by atoms with E-state index in [2.05, 4.69) is 24.3 Å². The maximum Gasteiger partial charge on any atom is 0.303 e. The summed E-state index contributed by atoms with van der Waals surface area (Å²) in [6.45, 7) is 0. The highest BCUT2D eigenvalue weighted by atomic mass is 16.7. The number of aliphatic carboxylic acids is 1. The zero-order valence-corrected chi connectivity index (χ0v) is 14.0. The van der Waals surface area contributed by atoms with Gasteiger partial charge in [0.25, 0.3) is 5.97 Å². The largest absolute Gasteiger partial charge is 0.481 e. The van der Waals surface area contributed by atoms with Gasteiger partial charge in [-0.25, -0.2) is 0 Å². The molecule has 0 saturated carbocycles. The second-order valence-electron chi connectivity index (χ2n) is 5.90. The lowest BCUT2D eigenvalue weighted by Crippen LogP contribution is -2.26. The van der Waals surface area contributed by atoms with Crippen LogP contribution in [0.4, 0.5) is 0 Å². The maximum atomic E-state index is 10.3. The second kappa shape index (κ2) is 14.4. The van der Waals surface area contributed by atoms with Crippen molar-refractivity contribution in [2.45, 2.75) is 83.0 Å². The number of hydrogen-bond donors (Lipinski definition) is 4. The van der Waals surface area contributed by atoms with Crippen LogP contribution in [-0.2, 0) is 4.79 Å². The van der Waals surface area contributed by atoms with Crippen molar-refractivity contribution >= 4 is 5.97 Å². The van der Waals surface area contributed by atoms with Gasteiger partial charge in [0.15, 0.2) is 0 Å². The van der Waals surface area contributed by atoms with Gasteiger partial charge in [0.05, 0.1) is 0 Å².